The van der Waals surface area contributed by atoms with Crippen molar-refractivity contribution in [1.82, 2.24) is 15.0 Å². The summed E-state index contributed by atoms with van der Waals surface area (Å²) in [5.41, 5.74) is 6.10. The van der Waals surface area contributed by atoms with Crippen LogP contribution in [0.2, 0.25) is 0 Å². The lowest BCUT2D eigenvalue weighted by molar-refractivity contribution is 0.0939. The van der Waals surface area contributed by atoms with Gasteiger partial charge in [-0.3, -0.25) is 9.59 Å². The van der Waals surface area contributed by atoms with Gasteiger partial charge in [0.2, 0.25) is 0 Å². The molecule has 4 N–H and O–H groups in total. The predicted octanol–water partition coefficient (Wildman–Crippen LogP) is 0.756. The van der Waals surface area contributed by atoms with Crippen molar-refractivity contribution < 1.29 is 9.59 Å². The summed E-state index contributed by atoms with van der Waals surface area (Å²) in [6.07, 6.45) is 2.01. The van der Waals surface area contributed by atoms with Crippen LogP contribution in [0.15, 0.2) is 0 Å². The second kappa shape index (κ2) is 4.93. The van der Waals surface area contributed by atoms with E-state index >= 15 is 0 Å². The molecule has 0 aromatic carbocycles. The molecule has 1 aromatic rings. The summed E-state index contributed by atoms with van der Waals surface area (Å²) in [5, 5.41) is 5.52. The number of amides is 2. The van der Waals surface area contributed by atoms with Gasteiger partial charge in [-0.1, -0.05) is 0 Å². The molecular weight excluding hydrogens is 252 g/mol. The Labute approximate surface area is 109 Å². The van der Waals surface area contributed by atoms with E-state index in [0.29, 0.717) is 4.88 Å². The topological polar surface area (TPSA) is 97.1 Å². The first-order valence-electron chi connectivity index (χ1n) is 5.86. The molecule has 1 heterocycles. The molecule has 98 valence electrons. The Hall–Kier alpha value is -1.63. The van der Waals surface area contributed by atoms with E-state index in [4.69, 9.17) is 5.73 Å². The Kier molecular flexibility index (Phi) is 3.51. The molecule has 0 radical (unpaired) electrons. The molecular formula is C11H16N4O2S. The molecule has 0 bridgehead atoms. The van der Waals surface area contributed by atoms with E-state index in [1.54, 1.807) is 0 Å². The number of rotatable bonds is 4. The highest BCUT2D eigenvalue weighted by Gasteiger charge is 2.27. The van der Waals surface area contributed by atoms with Gasteiger partial charge in [0.15, 0.2) is 5.69 Å². The quantitative estimate of drug-likeness (QED) is 0.751. The zero-order valence-electron chi connectivity index (χ0n) is 10.3. The minimum atomic E-state index is -0.343. The van der Waals surface area contributed by atoms with Gasteiger partial charge in [0.05, 0.1) is 5.69 Å². The highest BCUT2D eigenvalue weighted by Crippen LogP contribution is 2.24. The Morgan fingerprint density at radius 3 is 2.61 bits per heavy atom. The molecule has 1 aliphatic rings. The number of nitrogens with two attached hydrogens (primary N) is 1. The van der Waals surface area contributed by atoms with Crippen molar-refractivity contribution in [2.24, 2.45) is 0 Å². The van der Waals surface area contributed by atoms with Crippen LogP contribution in [0.25, 0.3) is 0 Å². The normalized spacial score (nSPS) is 14.6. The third-order valence-corrected chi connectivity index (χ3v) is 3.34. The Bertz CT molecular complexity index is 446. The van der Waals surface area contributed by atoms with E-state index in [1.807, 2.05) is 13.8 Å². The van der Waals surface area contributed by atoms with E-state index in [9.17, 15) is 9.59 Å². The summed E-state index contributed by atoms with van der Waals surface area (Å²) in [5.74, 6) is -0.583. The zero-order chi connectivity index (χ0) is 13.3. The van der Waals surface area contributed by atoms with E-state index in [0.717, 1.165) is 24.4 Å². The first kappa shape index (κ1) is 12.8. The molecule has 6 nitrogen and oxygen atoms in total. The monoisotopic (exact) mass is 268 g/mol. The van der Waals surface area contributed by atoms with Crippen molar-refractivity contribution >= 4 is 29.0 Å². The molecule has 18 heavy (non-hydrogen) atoms. The van der Waals surface area contributed by atoms with Crippen molar-refractivity contribution in [3.8, 4) is 0 Å². The van der Waals surface area contributed by atoms with E-state index in [1.165, 1.54) is 0 Å². The molecule has 0 atom stereocenters. The van der Waals surface area contributed by atoms with Crippen molar-refractivity contribution in [3.63, 3.8) is 0 Å². The third kappa shape index (κ3) is 2.79. The van der Waals surface area contributed by atoms with Crippen LogP contribution in [-0.2, 0) is 0 Å². The minimum Gasteiger partial charge on any atom is -0.395 e. The Morgan fingerprint density at radius 1 is 1.39 bits per heavy atom. The van der Waals surface area contributed by atoms with Crippen LogP contribution in [0.1, 0.15) is 46.8 Å². The van der Waals surface area contributed by atoms with Gasteiger partial charge < -0.3 is 16.4 Å². The lowest BCUT2D eigenvalue weighted by Crippen LogP contribution is -2.31. The van der Waals surface area contributed by atoms with Crippen LogP contribution >= 0.6 is 11.5 Å². The number of hydrogen-bond acceptors (Lipinski definition) is 5. The molecule has 0 unspecified atom stereocenters. The largest absolute Gasteiger partial charge is 0.395 e. The van der Waals surface area contributed by atoms with Gasteiger partial charge in [-0.15, -0.1) is 0 Å². The molecule has 1 aliphatic carbocycles. The number of carbonyl (C=O) groups excluding carboxylic acids is 2. The second-order valence-electron chi connectivity index (χ2n) is 4.65. The lowest BCUT2D eigenvalue weighted by atomic mass is 10.2. The summed E-state index contributed by atoms with van der Waals surface area (Å²) < 4.78 is 3.96. The fourth-order valence-electron chi connectivity index (χ4n) is 1.43. The van der Waals surface area contributed by atoms with Gasteiger partial charge in [-0.25, -0.2) is 0 Å². The number of hydrogen-bond donors (Lipinski definition) is 3. The lowest BCUT2D eigenvalue weighted by Gasteiger charge is -2.06. The molecule has 2 amide bonds. The number of nitrogens with one attached hydrogen (secondary N) is 2. The molecule has 1 aromatic heterocycles. The predicted molar refractivity (Wildman–Crippen MR) is 69.6 cm³/mol. The standard InChI is InChI=1S/C11H16N4O2S/c1-5(2)13-10(16)8-7(12)9(18-15-8)11(17)14-6-3-4-6/h5-6H,3-4,12H2,1-2H3,(H,13,16)(H,14,17). The smallest absolute Gasteiger partial charge is 0.273 e. The van der Waals surface area contributed by atoms with Crippen LogP contribution in [-0.4, -0.2) is 28.3 Å². The average Bonchev–Trinajstić information content (AvgIpc) is 2.98. The maximum absolute atomic E-state index is 11.8. The average molecular weight is 268 g/mol. The number of nitrogen functional groups attached to an aromatic ring is 1. The van der Waals surface area contributed by atoms with Gasteiger partial charge >= 0.3 is 0 Å². The number of carbonyl (C=O) groups is 2. The second-order valence-corrected chi connectivity index (χ2v) is 5.42. The first-order chi connectivity index (χ1) is 8.49. The summed E-state index contributed by atoms with van der Waals surface area (Å²) in [6, 6.07) is 0.259. The van der Waals surface area contributed by atoms with Crippen molar-refractivity contribution in [2.75, 3.05) is 5.73 Å². The fourth-order valence-corrected chi connectivity index (χ4v) is 2.13. The number of nitrogens with zero attached hydrogens (tertiary/aromatic N) is 1. The molecule has 7 heteroatoms. The molecule has 0 saturated heterocycles. The summed E-state index contributed by atoms with van der Waals surface area (Å²) in [6.45, 7) is 3.70. The van der Waals surface area contributed by atoms with Crippen molar-refractivity contribution in [2.45, 2.75) is 38.8 Å². The first-order valence-corrected chi connectivity index (χ1v) is 6.63. The van der Waals surface area contributed by atoms with Crippen LogP contribution in [0.5, 0.6) is 0 Å². The summed E-state index contributed by atoms with van der Waals surface area (Å²) in [4.78, 5) is 23.9. The van der Waals surface area contributed by atoms with Crippen LogP contribution in [0.3, 0.4) is 0 Å². The number of anilines is 1. The highest BCUT2D eigenvalue weighted by molar-refractivity contribution is 7.09. The van der Waals surface area contributed by atoms with Crippen LogP contribution in [0.4, 0.5) is 5.69 Å². The summed E-state index contributed by atoms with van der Waals surface area (Å²) >= 11 is 0.962. The van der Waals surface area contributed by atoms with Gasteiger partial charge in [0.25, 0.3) is 11.8 Å². The number of aromatic nitrogens is 1. The molecule has 1 fully saturated rings. The highest BCUT2D eigenvalue weighted by atomic mass is 32.1. The third-order valence-electron chi connectivity index (χ3n) is 2.48. The molecule has 0 spiro atoms. The van der Waals surface area contributed by atoms with Crippen LogP contribution < -0.4 is 16.4 Å². The van der Waals surface area contributed by atoms with E-state index < -0.39 is 0 Å². The minimum absolute atomic E-state index is 0.00217. The zero-order valence-corrected chi connectivity index (χ0v) is 11.1. The molecule has 0 aliphatic heterocycles. The Balaban J connectivity index is 2.11. The molecule has 1 saturated carbocycles. The molecule has 2 rings (SSSR count). The Morgan fingerprint density at radius 2 is 2.06 bits per heavy atom. The maximum Gasteiger partial charge on any atom is 0.273 e. The summed E-state index contributed by atoms with van der Waals surface area (Å²) in [7, 11) is 0. The van der Waals surface area contributed by atoms with Crippen LogP contribution in [0, 0.1) is 0 Å². The van der Waals surface area contributed by atoms with E-state index in [-0.39, 0.29) is 35.3 Å². The van der Waals surface area contributed by atoms with Gasteiger partial charge in [-0.05, 0) is 38.2 Å². The van der Waals surface area contributed by atoms with Gasteiger partial charge in [-0.2, -0.15) is 4.37 Å². The SMILES string of the molecule is CC(C)NC(=O)c1nsc(C(=O)NC2CC2)c1N. The maximum atomic E-state index is 11.8. The van der Waals surface area contributed by atoms with Gasteiger partial charge in [0.1, 0.15) is 4.88 Å². The van der Waals surface area contributed by atoms with E-state index in [2.05, 4.69) is 15.0 Å². The van der Waals surface area contributed by atoms with Gasteiger partial charge in [0, 0.05) is 12.1 Å². The van der Waals surface area contributed by atoms with Crippen molar-refractivity contribution in [3.05, 3.63) is 10.6 Å². The fraction of sp³-hybridized carbons (Fsp3) is 0.545. The van der Waals surface area contributed by atoms with Crippen molar-refractivity contribution in [1.29, 1.82) is 0 Å².